The summed E-state index contributed by atoms with van der Waals surface area (Å²) in [5.41, 5.74) is -1.74. The molecule has 2 aliphatic heterocycles. The fraction of sp³-hybridized carbons (Fsp3) is 0.682. The van der Waals surface area contributed by atoms with Crippen molar-refractivity contribution in [3.8, 4) is 0 Å². The molecule has 3 heterocycles. The summed E-state index contributed by atoms with van der Waals surface area (Å²) in [7, 11) is 0. The van der Waals surface area contributed by atoms with Crippen LogP contribution in [0.1, 0.15) is 52.2 Å². The van der Waals surface area contributed by atoms with Gasteiger partial charge in [-0.15, -0.1) is 0 Å². The molecule has 0 aromatic carbocycles. The molecule has 1 aliphatic carbocycles. The maximum absolute atomic E-state index is 15.7. The summed E-state index contributed by atoms with van der Waals surface area (Å²) in [5, 5.41) is 0. The molecule has 0 amide bonds. The van der Waals surface area contributed by atoms with E-state index in [0.717, 1.165) is 36.1 Å². The third-order valence-electron chi connectivity index (χ3n) is 6.30. The summed E-state index contributed by atoms with van der Waals surface area (Å²) in [6.45, 7) is 1.55. The number of esters is 2. The van der Waals surface area contributed by atoms with Crippen LogP contribution in [-0.4, -0.2) is 51.9 Å². The minimum absolute atomic E-state index is 0.292. The van der Waals surface area contributed by atoms with E-state index >= 15 is 4.39 Å². The second kappa shape index (κ2) is 9.80. The van der Waals surface area contributed by atoms with Crippen molar-refractivity contribution in [2.45, 2.75) is 77.0 Å². The Labute approximate surface area is 198 Å². The Morgan fingerprint density at radius 2 is 1.86 bits per heavy atom. The van der Waals surface area contributed by atoms with Crippen molar-refractivity contribution in [1.29, 1.82) is 0 Å². The molecule has 35 heavy (non-hydrogen) atoms. The Morgan fingerprint density at radius 3 is 2.54 bits per heavy atom. The first kappa shape index (κ1) is 24.9. The normalized spacial score (nSPS) is 28.3. The molecule has 0 unspecified atom stereocenters. The number of rotatable bonds is 7. The quantitative estimate of drug-likeness (QED) is 0.400. The molecule has 0 radical (unpaired) electrons. The molecule has 3 aliphatic rings. The van der Waals surface area contributed by atoms with Gasteiger partial charge in [-0.05, 0) is 12.8 Å². The number of fused-ring (bicyclic) bond motifs is 1. The van der Waals surface area contributed by atoms with E-state index in [2.05, 4.69) is 0 Å². The van der Waals surface area contributed by atoms with Crippen molar-refractivity contribution < 1.29 is 42.5 Å². The van der Waals surface area contributed by atoms with Gasteiger partial charge >= 0.3 is 23.8 Å². The van der Waals surface area contributed by atoms with Gasteiger partial charge in [0.25, 0.3) is 11.4 Å². The predicted molar refractivity (Wildman–Crippen MR) is 113 cm³/mol. The van der Waals surface area contributed by atoms with Gasteiger partial charge in [-0.25, -0.2) is 18.5 Å². The fourth-order valence-corrected chi connectivity index (χ4v) is 4.34. The Bertz CT molecular complexity index is 1110. The smallest absolute Gasteiger partial charge is 0.459 e. The van der Waals surface area contributed by atoms with Crippen molar-refractivity contribution in [2.75, 3.05) is 6.61 Å². The fourth-order valence-electron chi connectivity index (χ4n) is 4.34. The topological polar surface area (TPSA) is 141 Å². The van der Waals surface area contributed by atoms with Crippen LogP contribution in [0.25, 0.3) is 0 Å². The first-order valence-corrected chi connectivity index (χ1v) is 11.5. The molecule has 2 saturated heterocycles. The highest BCUT2D eigenvalue weighted by Gasteiger charge is 2.65. The Morgan fingerprint density at radius 1 is 1.14 bits per heavy atom. The number of nitrogens with zero attached hydrogens (tertiary/aromatic N) is 2. The first-order chi connectivity index (χ1) is 16.6. The van der Waals surface area contributed by atoms with Crippen LogP contribution >= 0.6 is 0 Å². The molecular weight excluding hydrogens is 471 g/mol. The summed E-state index contributed by atoms with van der Waals surface area (Å²) >= 11 is 0. The summed E-state index contributed by atoms with van der Waals surface area (Å²) in [4.78, 5) is 61.3. The Hall–Kier alpha value is -3.22. The Kier molecular flexibility index (Phi) is 6.97. The van der Waals surface area contributed by atoms with E-state index in [0.29, 0.717) is 17.4 Å². The van der Waals surface area contributed by atoms with Gasteiger partial charge in [-0.1, -0.05) is 33.1 Å². The number of aromatic nitrogens is 2. The second-order valence-electron chi connectivity index (χ2n) is 9.13. The Balaban J connectivity index is 1.55. The van der Waals surface area contributed by atoms with Crippen LogP contribution in [0.15, 0.2) is 21.9 Å². The van der Waals surface area contributed by atoms with Crippen LogP contribution in [0.5, 0.6) is 0 Å². The van der Waals surface area contributed by atoms with Gasteiger partial charge in [-0.3, -0.25) is 19.0 Å². The lowest BCUT2D eigenvalue weighted by Gasteiger charge is -2.24. The maximum Gasteiger partial charge on any atom is 0.509 e. The van der Waals surface area contributed by atoms with E-state index in [1.807, 2.05) is 0 Å². The van der Waals surface area contributed by atoms with Gasteiger partial charge in [-0.2, -0.15) is 0 Å². The van der Waals surface area contributed by atoms with Crippen molar-refractivity contribution in [1.82, 2.24) is 9.13 Å². The van der Waals surface area contributed by atoms with Crippen molar-refractivity contribution in [3.63, 3.8) is 0 Å². The third-order valence-corrected chi connectivity index (χ3v) is 6.30. The first-order valence-electron chi connectivity index (χ1n) is 11.5. The van der Waals surface area contributed by atoms with E-state index < -0.39 is 72.9 Å². The lowest BCUT2D eigenvalue weighted by molar-refractivity contribution is -0.220. The molecule has 4 atom stereocenters. The van der Waals surface area contributed by atoms with Crippen LogP contribution < -0.4 is 11.2 Å². The molecule has 1 aromatic heterocycles. The zero-order chi connectivity index (χ0) is 25.3. The molecule has 0 bridgehead atoms. The lowest BCUT2D eigenvalue weighted by atomic mass is 9.89. The average molecular weight is 498 g/mol. The monoisotopic (exact) mass is 498 g/mol. The SMILES string of the molecule is CC(C)C(=O)OC[C@@]1(F)O[C@@H](n2ccc(=O)n(COC(=O)C3CCCCC3)c2=O)[C@@H]2OC(=O)O[C@@H]21. The van der Waals surface area contributed by atoms with Crippen LogP contribution in [0.2, 0.25) is 0 Å². The summed E-state index contributed by atoms with van der Waals surface area (Å²) in [6, 6.07) is 1.00. The maximum atomic E-state index is 15.7. The van der Waals surface area contributed by atoms with Gasteiger partial charge in [0.2, 0.25) is 6.10 Å². The highest BCUT2D eigenvalue weighted by atomic mass is 19.2. The molecular formula is C22H27FN2O10. The lowest BCUT2D eigenvalue weighted by Crippen LogP contribution is -2.43. The van der Waals surface area contributed by atoms with Crippen LogP contribution in [0.4, 0.5) is 9.18 Å². The number of hydrogen-bond donors (Lipinski definition) is 0. The number of carbonyl (C=O) groups excluding carboxylic acids is 3. The van der Waals surface area contributed by atoms with E-state index in [1.54, 1.807) is 13.8 Å². The zero-order valence-electron chi connectivity index (χ0n) is 19.3. The predicted octanol–water partition coefficient (Wildman–Crippen LogP) is 1.39. The van der Waals surface area contributed by atoms with Gasteiger partial charge in [0.1, 0.15) is 0 Å². The molecule has 192 valence electrons. The number of hydrogen-bond acceptors (Lipinski definition) is 10. The molecule has 1 saturated carbocycles. The highest BCUT2D eigenvalue weighted by molar-refractivity contribution is 5.72. The molecule has 4 rings (SSSR count). The van der Waals surface area contributed by atoms with Crippen molar-refractivity contribution >= 4 is 18.1 Å². The van der Waals surface area contributed by atoms with Gasteiger partial charge in [0.15, 0.2) is 25.7 Å². The summed E-state index contributed by atoms with van der Waals surface area (Å²) < 4.78 is 42.5. The van der Waals surface area contributed by atoms with Crippen molar-refractivity contribution in [2.24, 2.45) is 11.8 Å². The van der Waals surface area contributed by atoms with Crippen LogP contribution in [0, 0.1) is 11.8 Å². The standard InChI is InChI=1S/C22H27FN2O10/c1-12(2)18(27)31-10-22(23)16-15(33-21(30)34-16)17(35-22)24-9-8-14(26)25(20(24)29)11-32-19(28)13-6-4-3-5-7-13/h8-9,12-13,15-17H,3-7,10-11H2,1-2H3/t15-,16+,17-,22-/m1/s1. The van der Waals surface area contributed by atoms with Gasteiger partial charge < -0.3 is 23.7 Å². The molecule has 12 nitrogen and oxygen atoms in total. The molecule has 1 aromatic rings. The number of carbonyl (C=O) groups is 3. The van der Waals surface area contributed by atoms with Crippen LogP contribution in [0.3, 0.4) is 0 Å². The molecule has 13 heteroatoms. The number of halogens is 1. The van der Waals surface area contributed by atoms with E-state index in [9.17, 15) is 24.0 Å². The molecule has 0 N–H and O–H groups in total. The largest absolute Gasteiger partial charge is 0.509 e. The highest BCUT2D eigenvalue weighted by Crippen LogP contribution is 2.44. The van der Waals surface area contributed by atoms with Crippen molar-refractivity contribution in [3.05, 3.63) is 33.1 Å². The molecule has 3 fully saturated rings. The summed E-state index contributed by atoms with van der Waals surface area (Å²) in [6.07, 6.45) is -0.518. The van der Waals surface area contributed by atoms with E-state index in [-0.39, 0.29) is 5.92 Å². The number of ether oxygens (including phenoxy) is 5. The number of alkyl halides is 1. The van der Waals surface area contributed by atoms with Crippen LogP contribution in [-0.2, 0) is 40.0 Å². The van der Waals surface area contributed by atoms with E-state index in [1.165, 1.54) is 0 Å². The third kappa shape index (κ3) is 4.95. The second-order valence-corrected chi connectivity index (χ2v) is 9.13. The van der Waals surface area contributed by atoms with E-state index in [4.69, 9.17) is 23.7 Å². The molecule has 0 spiro atoms. The average Bonchev–Trinajstić information content (AvgIpc) is 3.34. The van der Waals surface area contributed by atoms with Gasteiger partial charge in [0, 0.05) is 12.3 Å². The minimum atomic E-state index is -2.81. The summed E-state index contributed by atoms with van der Waals surface area (Å²) in [5.74, 6) is -4.85. The zero-order valence-corrected chi connectivity index (χ0v) is 19.3. The minimum Gasteiger partial charge on any atom is -0.459 e. The van der Waals surface area contributed by atoms with Gasteiger partial charge in [0.05, 0.1) is 11.8 Å².